The predicted octanol–water partition coefficient (Wildman–Crippen LogP) is 3.17. The molecule has 0 aliphatic rings. The van der Waals surface area contributed by atoms with E-state index in [1.165, 1.54) is 0 Å². The molecule has 1 aromatic carbocycles. The first kappa shape index (κ1) is 14.1. The Morgan fingerprint density at radius 3 is 2.74 bits per heavy atom. The molecular formula is C14H18BrN3O. The van der Waals surface area contributed by atoms with Crippen LogP contribution < -0.4 is 10.5 Å². The van der Waals surface area contributed by atoms with Gasteiger partial charge in [-0.2, -0.15) is 5.10 Å². The molecule has 2 aromatic rings. The third-order valence-corrected chi connectivity index (χ3v) is 3.51. The van der Waals surface area contributed by atoms with Gasteiger partial charge < -0.3 is 10.5 Å². The number of ether oxygens (including phenoxy) is 1. The Bertz CT molecular complexity index is 578. The van der Waals surface area contributed by atoms with Crippen LogP contribution in [0, 0.1) is 6.92 Å². The molecule has 0 radical (unpaired) electrons. The SMILES string of the molecule is Cc1nn(C)c(Oc2ccccc2Br)c1CC(C)N. The number of hydrogen-bond acceptors (Lipinski definition) is 3. The molecule has 2 rings (SSSR count). The Morgan fingerprint density at radius 1 is 1.42 bits per heavy atom. The maximum atomic E-state index is 5.99. The Morgan fingerprint density at radius 2 is 2.11 bits per heavy atom. The van der Waals surface area contributed by atoms with Crippen LogP contribution in [0.3, 0.4) is 0 Å². The molecule has 2 N–H and O–H groups in total. The highest BCUT2D eigenvalue weighted by Gasteiger charge is 2.17. The highest BCUT2D eigenvalue weighted by molar-refractivity contribution is 9.10. The van der Waals surface area contributed by atoms with Crippen LogP contribution in [0.2, 0.25) is 0 Å². The zero-order valence-electron chi connectivity index (χ0n) is 11.4. The highest BCUT2D eigenvalue weighted by Crippen LogP contribution is 2.32. The minimum absolute atomic E-state index is 0.0736. The summed E-state index contributed by atoms with van der Waals surface area (Å²) in [6.45, 7) is 3.96. The van der Waals surface area contributed by atoms with E-state index >= 15 is 0 Å². The molecule has 1 atom stereocenters. The number of hydrogen-bond donors (Lipinski definition) is 1. The normalized spacial score (nSPS) is 12.5. The fourth-order valence-electron chi connectivity index (χ4n) is 2.00. The lowest BCUT2D eigenvalue weighted by atomic mass is 10.1. The number of benzene rings is 1. The molecule has 5 heteroatoms. The molecule has 0 fully saturated rings. The van der Waals surface area contributed by atoms with Gasteiger partial charge in [0.05, 0.1) is 10.2 Å². The Kier molecular flexibility index (Phi) is 4.27. The van der Waals surface area contributed by atoms with Crippen molar-refractivity contribution in [3.63, 3.8) is 0 Å². The van der Waals surface area contributed by atoms with E-state index in [4.69, 9.17) is 10.5 Å². The predicted molar refractivity (Wildman–Crippen MR) is 79.5 cm³/mol. The van der Waals surface area contributed by atoms with Crippen LogP contribution in [0.15, 0.2) is 28.7 Å². The van der Waals surface area contributed by atoms with Gasteiger partial charge in [-0.25, -0.2) is 4.68 Å². The molecule has 0 aliphatic heterocycles. The summed E-state index contributed by atoms with van der Waals surface area (Å²) in [5.74, 6) is 1.53. The molecule has 0 aliphatic carbocycles. The minimum Gasteiger partial charge on any atom is -0.438 e. The standard InChI is InChI=1S/C14H18BrN3O/c1-9(16)8-11-10(2)17-18(3)14(11)19-13-7-5-4-6-12(13)15/h4-7,9H,8,16H2,1-3H3. The molecule has 1 heterocycles. The van der Waals surface area contributed by atoms with Crippen molar-refractivity contribution in [2.45, 2.75) is 26.3 Å². The zero-order chi connectivity index (χ0) is 14.0. The van der Waals surface area contributed by atoms with Crippen LogP contribution >= 0.6 is 15.9 Å². The van der Waals surface area contributed by atoms with Crippen molar-refractivity contribution in [1.29, 1.82) is 0 Å². The average Bonchev–Trinajstić information content (AvgIpc) is 2.58. The third kappa shape index (κ3) is 3.16. The highest BCUT2D eigenvalue weighted by atomic mass is 79.9. The van der Waals surface area contributed by atoms with Gasteiger partial charge in [0, 0.05) is 18.7 Å². The maximum absolute atomic E-state index is 5.99. The molecule has 0 saturated heterocycles. The van der Waals surface area contributed by atoms with E-state index in [2.05, 4.69) is 21.0 Å². The van der Waals surface area contributed by atoms with Crippen LogP contribution in [-0.2, 0) is 13.5 Å². The van der Waals surface area contributed by atoms with Crippen molar-refractivity contribution in [2.24, 2.45) is 12.8 Å². The van der Waals surface area contributed by atoms with Crippen LogP contribution in [0.1, 0.15) is 18.2 Å². The van der Waals surface area contributed by atoms with E-state index in [0.717, 1.165) is 33.8 Å². The lowest BCUT2D eigenvalue weighted by molar-refractivity contribution is 0.422. The van der Waals surface area contributed by atoms with Crippen molar-refractivity contribution in [3.8, 4) is 11.6 Å². The minimum atomic E-state index is 0.0736. The van der Waals surface area contributed by atoms with Crippen molar-refractivity contribution in [2.75, 3.05) is 0 Å². The first-order valence-corrected chi connectivity index (χ1v) is 6.98. The Labute approximate surface area is 121 Å². The fraction of sp³-hybridized carbons (Fsp3) is 0.357. The number of nitrogens with two attached hydrogens (primary N) is 1. The molecule has 0 saturated carbocycles. The molecule has 19 heavy (non-hydrogen) atoms. The first-order valence-electron chi connectivity index (χ1n) is 6.19. The van der Waals surface area contributed by atoms with Gasteiger partial charge in [0.15, 0.2) is 0 Å². The quantitative estimate of drug-likeness (QED) is 0.940. The molecule has 4 nitrogen and oxygen atoms in total. The second-order valence-corrected chi connectivity index (χ2v) is 5.56. The number of aryl methyl sites for hydroxylation is 2. The summed E-state index contributed by atoms with van der Waals surface area (Å²) in [4.78, 5) is 0. The van der Waals surface area contributed by atoms with Crippen molar-refractivity contribution in [3.05, 3.63) is 40.0 Å². The molecule has 0 amide bonds. The molecule has 102 valence electrons. The van der Waals surface area contributed by atoms with Gasteiger partial charge >= 0.3 is 0 Å². The number of aromatic nitrogens is 2. The zero-order valence-corrected chi connectivity index (χ0v) is 12.9. The summed E-state index contributed by atoms with van der Waals surface area (Å²) in [5.41, 5.74) is 7.92. The molecule has 0 spiro atoms. The van der Waals surface area contributed by atoms with Gasteiger partial charge in [-0.1, -0.05) is 12.1 Å². The molecule has 1 unspecified atom stereocenters. The fourth-order valence-corrected chi connectivity index (χ4v) is 2.36. The summed E-state index contributed by atoms with van der Waals surface area (Å²) in [6.07, 6.45) is 0.749. The largest absolute Gasteiger partial charge is 0.438 e. The average molecular weight is 324 g/mol. The summed E-state index contributed by atoms with van der Waals surface area (Å²) < 4.78 is 8.66. The van der Waals surface area contributed by atoms with Crippen LogP contribution in [0.25, 0.3) is 0 Å². The van der Waals surface area contributed by atoms with Crippen LogP contribution in [0.5, 0.6) is 11.6 Å². The van der Waals surface area contributed by atoms with E-state index in [9.17, 15) is 0 Å². The second kappa shape index (κ2) is 5.75. The summed E-state index contributed by atoms with van der Waals surface area (Å²) in [7, 11) is 1.88. The van der Waals surface area contributed by atoms with E-state index in [0.29, 0.717) is 0 Å². The van der Waals surface area contributed by atoms with Gasteiger partial charge in [-0.3, -0.25) is 0 Å². The second-order valence-electron chi connectivity index (χ2n) is 4.71. The maximum Gasteiger partial charge on any atom is 0.221 e. The third-order valence-electron chi connectivity index (χ3n) is 2.86. The summed E-state index contributed by atoms with van der Waals surface area (Å²) in [5, 5.41) is 4.41. The smallest absolute Gasteiger partial charge is 0.221 e. The van der Waals surface area contributed by atoms with E-state index in [1.54, 1.807) is 4.68 Å². The van der Waals surface area contributed by atoms with E-state index in [1.807, 2.05) is 45.2 Å². The van der Waals surface area contributed by atoms with Gasteiger partial charge in [-0.15, -0.1) is 0 Å². The van der Waals surface area contributed by atoms with Gasteiger partial charge in [0.2, 0.25) is 5.88 Å². The monoisotopic (exact) mass is 323 g/mol. The van der Waals surface area contributed by atoms with E-state index < -0.39 is 0 Å². The van der Waals surface area contributed by atoms with Crippen LogP contribution in [0.4, 0.5) is 0 Å². The number of rotatable bonds is 4. The van der Waals surface area contributed by atoms with Crippen molar-refractivity contribution < 1.29 is 4.74 Å². The van der Waals surface area contributed by atoms with Crippen molar-refractivity contribution >= 4 is 15.9 Å². The van der Waals surface area contributed by atoms with Gasteiger partial charge in [0.25, 0.3) is 0 Å². The number of para-hydroxylation sites is 1. The lowest BCUT2D eigenvalue weighted by Crippen LogP contribution is -2.18. The van der Waals surface area contributed by atoms with E-state index in [-0.39, 0.29) is 6.04 Å². The Balaban J connectivity index is 2.37. The summed E-state index contributed by atoms with van der Waals surface area (Å²) >= 11 is 3.48. The first-order chi connectivity index (χ1) is 8.99. The number of nitrogens with zero attached hydrogens (tertiary/aromatic N) is 2. The van der Waals surface area contributed by atoms with Gasteiger partial charge in [-0.05, 0) is 48.3 Å². The lowest BCUT2D eigenvalue weighted by Gasteiger charge is -2.11. The van der Waals surface area contributed by atoms with Crippen LogP contribution in [-0.4, -0.2) is 15.8 Å². The van der Waals surface area contributed by atoms with Crippen molar-refractivity contribution in [1.82, 2.24) is 9.78 Å². The molecular weight excluding hydrogens is 306 g/mol. The molecule has 0 bridgehead atoms. The Hall–Kier alpha value is -1.33. The topological polar surface area (TPSA) is 53.1 Å². The summed E-state index contributed by atoms with van der Waals surface area (Å²) in [6, 6.07) is 7.83. The molecule has 1 aromatic heterocycles. The van der Waals surface area contributed by atoms with Gasteiger partial charge in [0.1, 0.15) is 5.75 Å². The number of halogens is 1.